The van der Waals surface area contributed by atoms with Gasteiger partial charge in [0.05, 0.1) is 17.8 Å². The Labute approximate surface area is 223 Å². The van der Waals surface area contributed by atoms with E-state index in [2.05, 4.69) is 35.1 Å². The predicted octanol–water partition coefficient (Wildman–Crippen LogP) is 3.89. The van der Waals surface area contributed by atoms with Crippen LogP contribution in [0.5, 0.6) is 0 Å². The molecule has 0 saturated heterocycles. The molecule has 1 atom stereocenters. The molecule has 1 unspecified atom stereocenters. The van der Waals surface area contributed by atoms with E-state index in [0.717, 1.165) is 16.7 Å². The van der Waals surface area contributed by atoms with Gasteiger partial charge in [-0.05, 0) is 36.1 Å². The normalized spacial score (nSPS) is 10.9. The zero-order chi connectivity index (χ0) is 26.1. The fraction of sp³-hybridized carbons (Fsp3) is 0.214. The standard InChI is InChI=1S/C26H26N4O.C2H6N2O.ClH/c1-18-8-7-11-22(16-18)23-24(21-12-14-27-15-13-21)29-26(30(3)25(23)31)28-17-19(2)20-9-5-4-6-10-20;3-1-2(4)5;/h4-16,19H,17H2,1-3H3,(H,28,29);1,3H2,(H2,4,5);1H. The van der Waals surface area contributed by atoms with Crippen molar-refractivity contribution in [2.75, 3.05) is 18.4 Å². The summed E-state index contributed by atoms with van der Waals surface area (Å²) in [7, 11) is 1.76. The number of carbonyl (C=O) groups excluding carboxylic acids is 1. The lowest BCUT2D eigenvalue weighted by molar-refractivity contribution is -0.116. The first-order chi connectivity index (χ1) is 17.3. The molecular weight excluding hydrogens is 488 g/mol. The van der Waals surface area contributed by atoms with Gasteiger partial charge in [0.2, 0.25) is 11.9 Å². The van der Waals surface area contributed by atoms with Crippen LogP contribution in [0.4, 0.5) is 5.95 Å². The van der Waals surface area contributed by atoms with Crippen molar-refractivity contribution in [1.29, 1.82) is 0 Å². The first-order valence-electron chi connectivity index (χ1n) is 11.7. The van der Waals surface area contributed by atoms with E-state index in [-0.39, 0.29) is 30.4 Å². The molecule has 5 N–H and O–H groups in total. The number of aromatic nitrogens is 3. The number of anilines is 1. The van der Waals surface area contributed by atoms with Gasteiger partial charge in [-0.2, -0.15) is 0 Å². The third kappa shape index (κ3) is 7.73. The summed E-state index contributed by atoms with van der Waals surface area (Å²) < 4.78 is 1.60. The highest BCUT2D eigenvalue weighted by atomic mass is 35.5. The number of nitrogens with zero attached hydrogens (tertiary/aromatic N) is 3. The summed E-state index contributed by atoms with van der Waals surface area (Å²) in [6.45, 7) is 4.80. The lowest BCUT2D eigenvalue weighted by Gasteiger charge is -2.18. The van der Waals surface area contributed by atoms with Crippen LogP contribution in [0.15, 0.2) is 83.9 Å². The first kappa shape index (κ1) is 29.2. The number of aryl methyl sites for hydroxylation is 1. The SMILES string of the molecule is Cc1cccc(-c2c(-c3ccncc3)nc(NCC(C)c3ccccc3)n(C)c2=O)c1.Cl.NCC(N)=O. The lowest BCUT2D eigenvalue weighted by atomic mass is 9.99. The number of primary amides is 1. The summed E-state index contributed by atoms with van der Waals surface area (Å²) in [5, 5.41) is 3.39. The number of hydrogen-bond acceptors (Lipinski definition) is 6. The van der Waals surface area contributed by atoms with Crippen LogP contribution in [0, 0.1) is 6.92 Å². The largest absolute Gasteiger partial charge is 0.369 e. The van der Waals surface area contributed by atoms with Crippen molar-refractivity contribution in [2.45, 2.75) is 19.8 Å². The molecule has 37 heavy (non-hydrogen) atoms. The minimum Gasteiger partial charge on any atom is -0.369 e. The van der Waals surface area contributed by atoms with Gasteiger partial charge in [-0.15, -0.1) is 12.4 Å². The molecule has 0 radical (unpaired) electrons. The molecule has 194 valence electrons. The maximum atomic E-state index is 13.5. The number of nitrogens with one attached hydrogen (secondary N) is 1. The molecule has 0 saturated carbocycles. The predicted molar refractivity (Wildman–Crippen MR) is 152 cm³/mol. The van der Waals surface area contributed by atoms with Crippen molar-refractivity contribution in [2.24, 2.45) is 18.5 Å². The molecule has 8 nitrogen and oxygen atoms in total. The van der Waals surface area contributed by atoms with Crippen molar-refractivity contribution >= 4 is 24.3 Å². The summed E-state index contributed by atoms with van der Waals surface area (Å²) in [6, 6.07) is 22.1. The Hall–Kier alpha value is -4.01. The maximum Gasteiger partial charge on any atom is 0.263 e. The van der Waals surface area contributed by atoms with Crippen LogP contribution >= 0.6 is 12.4 Å². The maximum absolute atomic E-state index is 13.5. The van der Waals surface area contributed by atoms with Gasteiger partial charge in [0.1, 0.15) is 0 Å². The number of pyridine rings is 1. The Morgan fingerprint density at radius 2 is 1.68 bits per heavy atom. The third-order valence-corrected chi connectivity index (χ3v) is 5.69. The Morgan fingerprint density at radius 3 is 2.27 bits per heavy atom. The molecule has 0 fully saturated rings. The molecule has 0 bridgehead atoms. The minimum atomic E-state index is -0.468. The van der Waals surface area contributed by atoms with E-state index in [1.54, 1.807) is 24.0 Å². The van der Waals surface area contributed by atoms with Gasteiger partial charge < -0.3 is 16.8 Å². The Bertz CT molecular complexity index is 1360. The Kier molecular flexibility index (Phi) is 11.0. The average Bonchev–Trinajstić information content (AvgIpc) is 2.90. The molecule has 4 rings (SSSR count). The van der Waals surface area contributed by atoms with Crippen molar-refractivity contribution < 1.29 is 4.79 Å². The molecule has 4 aromatic rings. The van der Waals surface area contributed by atoms with Crippen molar-refractivity contribution in [3.8, 4) is 22.4 Å². The summed E-state index contributed by atoms with van der Waals surface area (Å²) >= 11 is 0. The molecule has 2 heterocycles. The number of benzene rings is 2. The van der Waals surface area contributed by atoms with Crippen molar-refractivity contribution in [3.05, 3.63) is 101 Å². The van der Waals surface area contributed by atoms with Gasteiger partial charge in [0, 0.05) is 31.5 Å². The number of amides is 1. The summed E-state index contributed by atoms with van der Waals surface area (Å²) in [6.07, 6.45) is 3.44. The molecular formula is C28H33ClN6O2. The van der Waals surface area contributed by atoms with E-state index < -0.39 is 5.91 Å². The topological polar surface area (TPSA) is 129 Å². The summed E-state index contributed by atoms with van der Waals surface area (Å²) in [4.78, 5) is 32.0. The smallest absolute Gasteiger partial charge is 0.263 e. The minimum absolute atomic E-state index is 0. The van der Waals surface area contributed by atoms with E-state index in [0.29, 0.717) is 23.8 Å². The molecule has 0 aliphatic rings. The van der Waals surface area contributed by atoms with Gasteiger partial charge in [-0.25, -0.2) is 4.98 Å². The van der Waals surface area contributed by atoms with E-state index in [1.807, 2.05) is 61.5 Å². The highest BCUT2D eigenvalue weighted by molar-refractivity contribution is 5.85. The van der Waals surface area contributed by atoms with Crippen LogP contribution in [0.25, 0.3) is 22.4 Å². The number of halogens is 1. The van der Waals surface area contributed by atoms with Crippen LogP contribution in [0.3, 0.4) is 0 Å². The highest BCUT2D eigenvalue weighted by Gasteiger charge is 2.18. The third-order valence-electron chi connectivity index (χ3n) is 5.69. The second-order valence-corrected chi connectivity index (χ2v) is 8.49. The number of rotatable bonds is 7. The molecule has 1 amide bonds. The molecule has 0 aliphatic carbocycles. The average molecular weight is 521 g/mol. The first-order valence-corrected chi connectivity index (χ1v) is 11.7. The van der Waals surface area contributed by atoms with E-state index in [9.17, 15) is 9.59 Å². The second kappa shape index (κ2) is 13.9. The van der Waals surface area contributed by atoms with E-state index >= 15 is 0 Å². The van der Waals surface area contributed by atoms with Gasteiger partial charge in [0.25, 0.3) is 5.56 Å². The van der Waals surface area contributed by atoms with Crippen LogP contribution in [-0.2, 0) is 11.8 Å². The van der Waals surface area contributed by atoms with Crippen LogP contribution in [0.2, 0.25) is 0 Å². The molecule has 0 spiro atoms. The van der Waals surface area contributed by atoms with Gasteiger partial charge >= 0.3 is 0 Å². The molecule has 2 aromatic carbocycles. The zero-order valence-electron chi connectivity index (χ0n) is 21.2. The highest BCUT2D eigenvalue weighted by Crippen LogP contribution is 2.29. The van der Waals surface area contributed by atoms with Gasteiger partial charge in [-0.3, -0.25) is 19.1 Å². The van der Waals surface area contributed by atoms with Crippen LogP contribution < -0.4 is 22.3 Å². The summed E-state index contributed by atoms with van der Waals surface area (Å²) in [5.74, 6) is 0.361. The molecule has 2 aromatic heterocycles. The van der Waals surface area contributed by atoms with Gasteiger partial charge in [0.15, 0.2) is 0 Å². The van der Waals surface area contributed by atoms with Crippen LogP contribution in [0.1, 0.15) is 24.0 Å². The monoisotopic (exact) mass is 520 g/mol. The lowest BCUT2D eigenvalue weighted by Crippen LogP contribution is -2.26. The van der Waals surface area contributed by atoms with Crippen molar-refractivity contribution in [3.63, 3.8) is 0 Å². The zero-order valence-corrected chi connectivity index (χ0v) is 22.0. The number of nitrogens with two attached hydrogens (primary N) is 2. The number of hydrogen-bond donors (Lipinski definition) is 3. The van der Waals surface area contributed by atoms with Crippen LogP contribution in [-0.4, -0.2) is 33.5 Å². The quantitative estimate of drug-likeness (QED) is 0.339. The van der Waals surface area contributed by atoms with E-state index in [1.165, 1.54) is 5.56 Å². The van der Waals surface area contributed by atoms with Crippen molar-refractivity contribution in [1.82, 2.24) is 14.5 Å². The fourth-order valence-electron chi connectivity index (χ4n) is 3.68. The summed E-state index contributed by atoms with van der Waals surface area (Å²) in [5.41, 5.74) is 14.5. The molecule has 9 heteroatoms. The molecule has 0 aliphatic heterocycles. The second-order valence-electron chi connectivity index (χ2n) is 8.49. The number of carbonyl (C=O) groups is 1. The van der Waals surface area contributed by atoms with E-state index in [4.69, 9.17) is 10.7 Å². The fourth-order valence-corrected chi connectivity index (χ4v) is 3.68. The van der Waals surface area contributed by atoms with Gasteiger partial charge in [-0.1, -0.05) is 67.1 Å². The Morgan fingerprint density at radius 1 is 1.03 bits per heavy atom. The Balaban J connectivity index is 0.000000734.